The van der Waals surface area contributed by atoms with Gasteiger partial charge in [-0.05, 0) is 0 Å². The Balaban J connectivity index is 1.84. The molecule has 0 saturated carbocycles. The van der Waals surface area contributed by atoms with E-state index in [0.717, 1.165) is 29.8 Å². The van der Waals surface area contributed by atoms with Crippen molar-refractivity contribution in [3.05, 3.63) is 18.2 Å². The van der Waals surface area contributed by atoms with Crippen molar-refractivity contribution in [3.63, 3.8) is 0 Å². The van der Waals surface area contributed by atoms with Crippen LogP contribution in [0.3, 0.4) is 0 Å². The molecule has 1 amide bonds. The molecule has 1 aromatic carbocycles. The van der Waals surface area contributed by atoms with E-state index < -0.39 is 0 Å². The van der Waals surface area contributed by atoms with Crippen LogP contribution < -0.4 is 10.6 Å². The molecule has 2 aromatic rings. The van der Waals surface area contributed by atoms with Gasteiger partial charge in [0.05, 0.1) is 0 Å². The number of aromatic nitrogens is 2. The Morgan fingerprint density at radius 2 is 2.33 bits per heavy atom. The molecule has 1 saturated heterocycles. The zero-order chi connectivity index (χ0) is 12.5. The predicted octanol–water partition coefficient (Wildman–Crippen LogP) is 0.481. The van der Waals surface area contributed by atoms with Gasteiger partial charge < -0.3 is 0 Å². The third kappa shape index (κ3) is 2.07. The van der Waals surface area contributed by atoms with Crippen LogP contribution in [-0.4, -0.2) is 41.9 Å². The standard InChI is InChI=1S/C12H14N4OSe/c1-7-5-13-6-8(7)12(17)14-9-3-2-4-10-11(9)16-18-15-10/h2-4,7-8,13H,5-6H2,1H3,(H,14,17). The number of amides is 1. The van der Waals surface area contributed by atoms with Gasteiger partial charge in [0.1, 0.15) is 0 Å². The van der Waals surface area contributed by atoms with Crippen LogP contribution in [0.1, 0.15) is 6.92 Å². The minimum atomic E-state index is -0.0641. The van der Waals surface area contributed by atoms with Gasteiger partial charge in [-0.15, -0.1) is 0 Å². The van der Waals surface area contributed by atoms with Crippen molar-refractivity contribution in [3.8, 4) is 0 Å². The number of anilines is 1. The van der Waals surface area contributed by atoms with E-state index in [1.807, 2.05) is 18.2 Å². The molecule has 18 heavy (non-hydrogen) atoms. The summed E-state index contributed by atoms with van der Waals surface area (Å²) in [7, 11) is 0. The second-order valence-corrected chi connectivity index (χ2v) is 5.78. The first-order valence-corrected chi connectivity index (χ1v) is 7.52. The monoisotopic (exact) mass is 310 g/mol. The molecule has 1 fully saturated rings. The number of nitrogens with zero attached hydrogens (tertiary/aromatic N) is 2. The van der Waals surface area contributed by atoms with Gasteiger partial charge in [0, 0.05) is 0 Å². The number of fused-ring (bicyclic) bond motifs is 1. The molecule has 2 atom stereocenters. The molecule has 0 radical (unpaired) electrons. The topological polar surface area (TPSA) is 66.9 Å². The number of benzene rings is 1. The average Bonchev–Trinajstić information content (AvgIpc) is 2.97. The van der Waals surface area contributed by atoms with Crippen molar-refractivity contribution in [2.75, 3.05) is 18.4 Å². The van der Waals surface area contributed by atoms with Crippen LogP contribution in [0.4, 0.5) is 5.69 Å². The molecule has 3 rings (SSSR count). The molecule has 0 spiro atoms. The van der Waals surface area contributed by atoms with Crippen LogP contribution >= 0.6 is 0 Å². The van der Waals surface area contributed by atoms with Crippen molar-refractivity contribution in [2.45, 2.75) is 6.92 Å². The van der Waals surface area contributed by atoms with E-state index in [1.54, 1.807) is 0 Å². The van der Waals surface area contributed by atoms with Crippen LogP contribution in [0.2, 0.25) is 0 Å². The van der Waals surface area contributed by atoms with E-state index in [4.69, 9.17) is 0 Å². The van der Waals surface area contributed by atoms with Crippen LogP contribution in [0.25, 0.3) is 11.0 Å². The summed E-state index contributed by atoms with van der Waals surface area (Å²) in [6.07, 6.45) is 0. The zero-order valence-electron chi connectivity index (χ0n) is 10.0. The van der Waals surface area contributed by atoms with Gasteiger partial charge in [0.15, 0.2) is 0 Å². The second-order valence-electron chi connectivity index (χ2n) is 4.67. The predicted molar refractivity (Wildman–Crippen MR) is 70.6 cm³/mol. The van der Waals surface area contributed by atoms with E-state index >= 15 is 0 Å². The van der Waals surface area contributed by atoms with Gasteiger partial charge in [0.2, 0.25) is 0 Å². The molecule has 5 nitrogen and oxygen atoms in total. The fraction of sp³-hybridized carbons (Fsp3) is 0.417. The summed E-state index contributed by atoms with van der Waals surface area (Å²) in [6.45, 7) is 3.77. The van der Waals surface area contributed by atoms with Gasteiger partial charge in [-0.2, -0.15) is 0 Å². The number of hydrogen-bond donors (Lipinski definition) is 2. The molecule has 1 aliphatic rings. The number of rotatable bonds is 2. The van der Waals surface area contributed by atoms with Crippen molar-refractivity contribution < 1.29 is 4.79 Å². The number of nitrogens with one attached hydrogen (secondary N) is 2. The van der Waals surface area contributed by atoms with Crippen LogP contribution in [0, 0.1) is 11.8 Å². The van der Waals surface area contributed by atoms with E-state index in [0.29, 0.717) is 5.92 Å². The molecular formula is C12H14N4OSe. The fourth-order valence-corrected chi connectivity index (χ4v) is 3.45. The van der Waals surface area contributed by atoms with Crippen LogP contribution in [0.15, 0.2) is 18.2 Å². The first-order valence-electron chi connectivity index (χ1n) is 5.98. The molecule has 6 heteroatoms. The molecular weight excluding hydrogens is 295 g/mol. The maximum absolute atomic E-state index is 12.2. The second kappa shape index (κ2) is 4.80. The number of carbonyl (C=O) groups is 1. The Labute approximate surface area is 111 Å². The number of carbonyl (C=O) groups excluding carboxylic acids is 1. The normalized spacial score (nSPS) is 23.4. The van der Waals surface area contributed by atoms with Gasteiger partial charge in [-0.1, -0.05) is 0 Å². The molecule has 2 N–H and O–H groups in total. The van der Waals surface area contributed by atoms with Crippen LogP contribution in [0.5, 0.6) is 0 Å². The third-order valence-electron chi connectivity index (χ3n) is 3.40. The van der Waals surface area contributed by atoms with Crippen molar-refractivity contribution in [1.82, 2.24) is 13.3 Å². The minimum absolute atomic E-state index is 0.0460. The Hall–Kier alpha value is -1.23. The van der Waals surface area contributed by atoms with Gasteiger partial charge in [-0.25, -0.2) is 0 Å². The molecule has 2 heterocycles. The Bertz CT molecular complexity index is 582. The Morgan fingerprint density at radius 3 is 3.11 bits per heavy atom. The van der Waals surface area contributed by atoms with Gasteiger partial charge in [0.25, 0.3) is 0 Å². The van der Waals surface area contributed by atoms with Crippen LogP contribution in [-0.2, 0) is 4.79 Å². The summed E-state index contributed by atoms with van der Waals surface area (Å²) in [5.41, 5.74) is 2.52. The van der Waals surface area contributed by atoms with E-state index in [1.165, 1.54) is 0 Å². The molecule has 0 bridgehead atoms. The first-order chi connectivity index (χ1) is 8.75. The molecule has 2 unspecified atom stereocenters. The van der Waals surface area contributed by atoms with Gasteiger partial charge in [-0.3, -0.25) is 0 Å². The average molecular weight is 309 g/mol. The first kappa shape index (κ1) is 11.8. The summed E-state index contributed by atoms with van der Waals surface area (Å²) in [5.74, 6) is 0.507. The van der Waals surface area contributed by atoms with Gasteiger partial charge >= 0.3 is 111 Å². The zero-order valence-corrected chi connectivity index (χ0v) is 11.7. The summed E-state index contributed by atoms with van der Waals surface area (Å²) in [5, 5.41) is 6.23. The van der Waals surface area contributed by atoms with Crippen molar-refractivity contribution in [2.24, 2.45) is 11.8 Å². The van der Waals surface area contributed by atoms with E-state index in [-0.39, 0.29) is 26.8 Å². The van der Waals surface area contributed by atoms with E-state index in [2.05, 4.69) is 25.5 Å². The summed E-state index contributed by atoms with van der Waals surface area (Å²) in [4.78, 5) is 12.2. The summed E-state index contributed by atoms with van der Waals surface area (Å²) in [6, 6.07) is 5.73. The third-order valence-corrected chi connectivity index (χ3v) is 4.54. The SMILES string of the molecule is CC1CNCC1C(=O)Nc1cccc2n[se]nc12. The summed E-state index contributed by atoms with van der Waals surface area (Å²) >= 11 is -0.0641. The number of hydrogen-bond acceptors (Lipinski definition) is 4. The quantitative estimate of drug-likeness (QED) is 0.792. The van der Waals surface area contributed by atoms with E-state index in [9.17, 15) is 4.79 Å². The van der Waals surface area contributed by atoms with Crippen molar-refractivity contribution in [1.29, 1.82) is 0 Å². The Morgan fingerprint density at radius 1 is 1.44 bits per heavy atom. The molecule has 1 aliphatic heterocycles. The molecule has 94 valence electrons. The Kier molecular flexibility index (Phi) is 3.16. The summed E-state index contributed by atoms with van der Waals surface area (Å²) < 4.78 is 8.68. The molecule has 1 aromatic heterocycles. The van der Waals surface area contributed by atoms with Crippen molar-refractivity contribution >= 4 is 37.6 Å². The molecule has 0 aliphatic carbocycles. The fourth-order valence-electron chi connectivity index (χ4n) is 2.29. The maximum atomic E-state index is 12.2.